The standard InChI is InChI=1S/C14H13ClN4O/c1-2-20-14-10(4-3-7-17-14)9-18-13-6-5-11(15)12(8-16)19-13/h3-7H,2,9H2,1H3,(H,18,19). The molecule has 1 N–H and O–H groups in total. The molecule has 5 nitrogen and oxygen atoms in total. The van der Waals surface area contributed by atoms with E-state index in [1.54, 1.807) is 18.3 Å². The number of anilines is 1. The van der Waals surface area contributed by atoms with Crippen molar-refractivity contribution in [3.8, 4) is 11.9 Å². The van der Waals surface area contributed by atoms with Crippen molar-refractivity contribution in [2.24, 2.45) is 0 Å². The largest absolute Gasteiger partial charge is 0.478 e. The van der Waals surface area contributed by atoms with Crippen LogP contribution in [0.2, 0.25) is 5.02 Å². The SMILES string of the molecule is CCOc1ncccc1CNc1ccc(Cl)c(C#N)n1. The Balaban J connectivity index is 2.11. The fraction of sp³-hybridized carbons (Fsp3) is 0.214. The van der Waals surface area contributed by atoms with Gasteiger partial charge in [-0.1, -0.05) is 17.7 Å². The maximum Gasteiger partial charge on any atom is 0.218 e. The Kier molecular flexibility index (Phi) is 4.75. The molecule has 0 aromatic carbocycles. The van der Waals surface area contributed by atoms with Crippen LogP contribution in [0.25, 0.3) is 0 Å². The van der Waals surface area contributed by atoms with E-state index >= 15 is 0 Å². The highest BCUT2D eigenvalue weighted by Crippen LogP contribution is 2.18. The first-order valence-corrected chi connectivity index (χ1v) is 6.49. The molecule has 0 aliphatic heterocycles. The predicted octanol–water partition coefficient (Wildman–Crippen LogP) is 3.01. The lowest BCUT2D eigenvalue weighted by molar-refractivity contribution is 0.323. The molecule has 2 aromatic heterocycles. The van der Waals surface area contributed by atoms with E-state index in [2.05, 4.69) is 15.3 Å². The minimum absolute atomic E-state index is 0.202. The zero-order chi connectivity index (χ0) is 14.4. The molecule has 0 radical (unpaired) electrons. The monoisotopic (exact) mass is 288 g/mol. The highest BCUT2D eigenvalue weighted by atomic mass is 35.5. The van der Waals surface area contributed by atoms with Gasteiger partial charge in [0, 0.05) is 18.3 Å². The fourth-order valence-corrected chi connectivity index (χ4v) is 1.78. The molecule has 20 heavy (non-hydrogen) atoms. The molecule has 2 aromatic rings. The third-order valence-corrected chi connectivity index (χ3v) is 2.85. The van der Waals surface area contributed by atoms with Gasteiger partial charge in [0.15, 0.2) is 5.69 Å². The van der Waals surface area contributed by atoms with Gasteiger partial charge >= 0.3 is 0 Å². The van der Waals surface area contributed by atoms with Crippen LogP contribution in [0, 0.1) is 11.3 Å². The number of ether oxygens (including phenoxy) is 1. The van der Waals surface area contributed by atoms with Gasteiger partial charge in [-0.3, -0.25) is 0 Å². The van der Waals surface area contributed by atoms with Crippen molar-refractivity contribution < 1.29 is 4.74 Å². The molecule has 0 amide bonds. The number of rotatable bonds is 5. The molecular weight excluding hydrogens is 276 g/mol. The first kappa shape index (κ1) is 14.1. The van der Waals surface area contributed by atoms with Crippen LogP contribution in [-0.2, 0) is 6.54 Å². The fourth-order valence-electron chi connectivity index (χ4n) is 1.63. The third kappa shape index (κ3) is 3.37. The number of hydrogen-bond acceptors (Lipinski definition) is 5. The van der Waals surface area contributed by atoms with Gasteiger partial charge in [0.1, 0.15) is 11.9 Å². The summed E-state index contributed by atoms with van der Waals surface area (Å²) in [6.45, 7) is 2.97. The Morgan fingerprint density at radius 3 is 3.00 bits per heavy atom. The van der Waals surface area contributed by atoms with E-state index in [9.17, 15) is 0 Å². The molecule has 2 rings (SSSR count). The average molecular weight is 289 g/mol. The van der Waals surface area contributed by atoms with E-state index in [4.69, 9.17) is 21.6 Å². The van der Waals surface area contributed by atoms with E-state index in [0.29, 0.717) is 29.9 Å². The Labute approximate surface area is 122 Å². The molecule has 0 bridgehead atoms. The van der Waals surface area contributed by atoms with E-state index in [1.807, 2.05) is 25.1 Å². The van der Waals surface area contributed by atoms with E-state index in [1.165, 1.54) is 0 Å². The van der Waals surface area contributed by atoms with Crippen molar-refractivity contribution in [2.45, 2.75) is 13.5 Å². The molecule has 0 aliphatic rings. The van der Waals surface area contributed by atoms with Gasteiger partial charge in [0.2, 0.25) is 5.88 Å². The summed E-state index contributed by atoms with van der Waals surface area (Å²) in [5.41, 5.74) is 1.12. The van der Waals surface area contributed by atoms with E-state index in [0.717, 1.165) is 5.56 Å². The van der Waals surface area contributed by atoms with Crippen LogP contribution >= 0.6 is 11.6 Å². The van der Waals surface area contributed by atoms with Crippen molar-refractivity contribution in [3.63, 3.8) is 0 Å². The molecule has 0 unspecified atom stereocenters. The van der Waals surface area contributed by atoms with Crippen LogP contribution in [0.5, 0.6) is 5.88 Å². The summed E-state index contributed by atoms with van der Waals surface area (Å²) in [5, 5.41) is 12.4. The zero-order valence-corrected chi connectivity index (χ0v) is 11.7. The van der Waals surface area contributed by atoms with Crippen molar-refractivity contribution in [2.75, 3.05) is 11.9 Å². The summed E-state index contributed by atoms with van der Waals surface area (Å²) in [5.74, 6) is 1.18. The Morgan fingerprint density at radius 2 is 2.25 bits per heavy atom. The number of aromatic nitrogens is 2. The van der Waals surface area contributed by atoms with Crippen LogP contribution in [-0.4, -0.2) is 16.6 Å². The number of nitriles is 1. The van der Waals surface area contributed by atoms with Crippen molar-refractivity contribution in [1.29, 1.82) is 5.26 Å². The van der Waals surface area contributed by atoms with Gasteiger partial charge in [-0.25, -0.2) is 9.97 Å². The molecule has 102 valence electrons. The summed E-state index contributed by atoms with van der Waals surface area (Å²) in [6.07, 6.45) is 1.68. The minimum Gasteiger partial charge on any atom is -0.478 e. The molecule has 0 fully saturated rings. The highest BCUT2D eigenvalue weighted by Gasteiger charge is 2.06. The van der Waals surface area contributed by atoms with Gasteiger partial charge in [-0.05, 0) is 25.1 Å². The number of pyridine rings is 2. The van der Waals surface area contributed by atoms with Gasteiger partial charge < -0.3 is 10.1 Å². The number of nitrogens with zero attached hydrogens (tertiary/aromatic N) is 3. The number of nitrogens with one attached hydrogen (secondary N) is 1. The van der Waals surface area contributed by atoms with E-state index < -0.39 is 0 Å². The summed E-state index contributed by atoms with van der Waals surface area (Å²) < 4.78 is 5.44. The second-order valence-electron chi connectivity index (χ2n) is 3.89. The number of hydrogen-bond donors (Lipinski definition) is 1. The summed E-state index contributed by atoms with van der Waals surface area (Å²) >= 11 is 5.84. The quantitative estimate of drug-likeness (QED) is 0.916. The van der Waals surface area contributed by atoms with Crippen molar-refractivity contribution in [3.05, 3.63) is 46.7 Å². The molecule has 0 saturated carbocycles. The average Bonchev–Trinajstić information content (AvgIpc) is 2.48. The van der Waals surface area contributed by atoms with Crippen LogP contribution < -0.4 is 10.1 Å². The number of halogens is 1. The van der Waals surface area contributed by atoms with Crippen LogP contribution in [0.3, 0.4) is 0 Å². The third-order valence-electron chi connectivity index (χ3n) is 2.54. The highest BCUT2D eigenvalue weighted by molar-refractivity contribution is 6.31. The first-order chi connectivity index (χ1) is 9.74. The summed E-state index contributed by atoms with van der Waals surface area (Å²) in [4.78, 5) is 8.29. The Hall–Kier alpha value is -2.32. The topological polar surface area (TPSA) is 70.8 Å². The lowest BCUT2D eigenvalue weighted by Gasteiger charge is -2.10. The second kappa shape index (κ2) is 6.73. The zero-order valence-electron chi connectivity index (χ0n) is 10.9. The van der Waals surface area contributed by atoms with E-state index in [-0.39, 0.29) is 5.69 Å². The second-order valence-corrected chi connectivity index (χ2v) is 4.30. The molecule has 0 spiro atoms. The lowest BCUT2D eigenvalue weighted by Crippen LogP contribution is -2.06. The minimum atomic E-state index is 0.202. The smallest absolute Gasteiger partial charge is 0.218 e. The van der Waals surface area contributed by atoms with Crippen LogP contribution in [0.1, 0.15) is 18.2 Å². The molecule has 6 heteroatoms. The predicted molar refractivity (Wildman–Crippen MR) is 76.7 cm³/mol. The van der Waals surface area contributed by atoms with Crippen LogP contribution in [0.15, 0.2) is 30.5 Å². The van der Waals surface area contributed by atoms with Crippen LogP contribution in [0.4, 0.5) is 5.82 Å². The van der Waals surface area contributed by atoms with Gasteiger partial charge in [-0.2, -0.15) is 5.26 Å². The summed E-state index contributed by atoms with van der Waals surface area (Å²) in [6, 6.07) is 9.07. The molecular formula is C14H13ClN4O. The lowest BCUT2D eigenvalue weighted by atomic mass is 10.2. The molecule has 0 aliphatic carbocycles. The molecule has 0 saturated heterocycles. The normalized spacial score (nSPS) is 9.85. The van der Waals surface area contributed by atoms with Gasteiger partial charge in [-0.15, -0.1) is 0 Å². The molecule has 2 heterocycles. The van der Waals surface area contributed by atoms with Gasteiger partial charge in [0.25, 0.3) is 0 Å². The maximum absolute atomic E-state index is 8.89. The van der Waals surface area contributed by atoms with Crippen molar-refractivity contribution >= 4 is 17.4 Å². The Morgan fingerprint density at radius 1 is 1.40 bits per heavy atom. The molecule has 0 atom stereocenters. The first-order valence-electron chi connectivity index (χ1n) is 6.11. The maximum atomic E-state index is 8.89. The Bertz CT molecular complexity index is 639. The summed E-state index contributed by atoms with van der Waals surface area (Å²) in [7, 11) is 0. The van der Waals surface area contributed by atoms with Crippen molar-refractivity contribution in [1.82, 2.24) is 9.97 Å². The van der Waals surface area contributed by atoms with Gasteiger partial charge in [0.05, 0.1) is 11.6 Å².